The number of fused-ring (bicyclic) bond motifs is 2. The minimum atomic E-state index is -0.432. The smallest absolute Gasteiger partial charge is 0.225 e. The van der Waals surface area contributed by atoms with E-state index in [0.29, 0.717) is 25.7 Å². The van der Waals surface area contributed by atoms with Gasteiger partial charge in [0.15, 0.2) is 5.82 Å². The molecule has 6 nitrogen and oxygen atoms in total. The highest BCUT2D eigenvalue weighted by molar-refractivity contribution is 5.33. The summed E-state index contributed by atoms with van der Waals surface area (Å²) in [5.41, 5.74) is 1.03. The molecule has 3 atom stereocenters. The first-order chi connectivity index (χ1) is 11.8. The molecule has 1 saturated carbocycles. The van der Waals surface area contributed by atoms with Crippen LogP contribution in [-0.4, -0.2) is 46.4 Å². The Morgan fingerprint density at radius 3 is 2.92 bits per heavy atom. The Kier molecular flexibility index (Phi) is 4.36. The summed E-state index contributed by atoms with van der Waals surface area (Å²) >= 11 is 0. The first-order valence-electron chi connectivity index (χ1n) is 8.17. The summed E-state index contributed by atoms with van der Waals surface area (Å²) in [6.45, 7) is 1.77. The maximum absolute atomic E-state index is 13.1. The molecule has 0 unspecified atom stereocenters. The van der Waals surface area contributed by atoms with Crippen molar-refractivity contribution in [2.75, 3.05) is 18.1 Å². The van der Waals surface area contributed by atoms with E-state index in [-0.39, 0.29) is 18.2 Å². The second kappa shape index (κ2) is 6.78. The van der Waals surface area contributed by atoms with E-state index in [1.54, 1.807) is 12.4 Å². The Balaban J connectivity index is 1.52. The molecule has 1 aliphatic heterocycles. The van der Waals surface area contributed by atoms with E-state index in [1.165, 1.54) is 12.4 Å². The van der Waals surface area contributed by atoms with Crippen LogP contribution >= 0.6 is 0 Å². The third-order valence-electron chi connectivity index (χ3n) is 4.59. The lowest BCUT2D eigenvalue weighted by atomic mass is 10.1. The molecule has 4 rings (SSSR count). The minimum absolute atomic E-state index is 0.0543. The van der Waals surface area contributed by atoms with Crippen molar-refractivity contribution < 1.29 is 13.9 Å². The predicted molar refractivity (Wildman–Crippen MR) is 84.9 cm³/mol. The average molecular weight is 330 g/mol. The summed E-state index contributed by atoms with van der Waals surface area (Å²) in [5, 5.41) is 0. The van der Waals surface area contributed by atoms with Crippen LogP contribution in [0.1, 0.15) is 18.4 Å². The molecule has 2 aromatic heterocycles. The van der Waals surface area contributed by atoms with Gasteiger partial charge in [-0.15, -0.1) is 0 Å². The van der Waals surface area contributed by atoms with Crippen LogP contribution in [0.5, 0.6) is 0 Å². The zero-order chi connectivity index (χ0) is 16.4. The van der Waals surface area contributed by atoms with Crippen molar-refractivity contribution in [1.82, 2.24) is 15.0 Å². The average Bonchev–Trinajstić information content (AvgIpc) is 2.91. The zero-order valence-corrected chi connectivity index (χ0v) is 13.2. The summed E-state index contributed by atoms with van der Waals surface area (Å²) in [5.74, 6) is 0.0982. The Labute approximate surface area is 139 Å². The van der Waals surface area contributed by atoms with Crippen molar-refractivity contribution in [2.24, 2.45) is 0 Å². The van der Waals surface area contributed by atoms with Gasteiger partial charge in [-0.05, 0) is 24.5 Å². The molecule has 0 radical (unpaired) electrons. The lowest BCUT2D eigenvalue weighted by Crippen LogP contribution is -2.44. The van der Waals surface area contributed by atoms with E-state index < -0.39 is 5.82 Å². The quantitative estimate of drug-likeness (QED) is 0.854. The third-order valence-corrected chi connectivity index (χ3v) is 4.59. The molecule has 0 N–H and O–H groups in total. The third kappa shape index (κ3) is 3.09. The number of pyridine rings is 1. The maximum atomic E-state index is 13.1. The lowest BCUT2D eigenvalue weighted by molar-refractivity contribution is -0.0555. The number of hydrogen-bond donors (Lipinski definition) is 0. The van der Waals surface area contributed by atoms with Crippen molar-refractivity contribution in [3.63, 3.8) is 0 Å². The molecule has 2 bridgehead atoms. The highest BCUT2D eigenvalue weighted by Crippen LogP contribution is 2.34. The van der Waals surface area contributed by atoms with Crippen LogP contribution in [-0.2, 0) is 16.1 Å². The van der Waals surface area contributed by atoms with Gasteiger partial charge in [-0.1, -0.05) is 6.07 Å². The van der Waals surface area contributed by atoms with E-state index in [9.17, 15) is 4.39 Å². The second-order valence-electron chi connectivity index (χ2n) is 6.09. The molecular weight excluding hydrogens is 311 g/mol. The van der Waals surface area contributed by atoms with Gasteiger partial charge in [-0.25, -0.2) is 14.4 Å². The largest absolute Gasteiger partial charge is 0.374 e. The second-order valence-corrected chi connectivity index (χ2v) is 6.09. The van der Waals surface area contributed by atoms with E-state index in [1.807, 2.05) is 12.1 Å². The molecule has 24 heavy (non-hydrogen) atoms. The fourth-order valence-electron chi connectivity index (χ4n) is 3.49. The van der Waals surface area contributed by atoms with Gasteiger partial charge in [0.2, 0.25) is 5.95 Å². The molecule has 3 heterocycles. The summed E-state index contributed by atoms with van der Waals surface area (Å²) in [6, 6.07) is 4.03. The lowest BCUT2D eigenvalue weighted by Gasteiger charge is -2.31. The Bertz CT molecular complexity index is 670. The van der Waals surface area contributed by atoms with Gasteiger partial charge in [-0.3, -0.25) is 4.98 Å². The van der Waals surface area contributed by atoms with Crippen LogP contribution in [0.3, 0.4) is 0 Å². The van der Waals surface area contributed by atoms with E-state index in [4.69, 9.17) is 9.47 Å². The summed E-state index contributed by atoms with van der Waals surface area (Å²) in [6.07, 6.45) is 7.87. The predicted octanol–water partition coefficient (Wildman–Crippen LogP) is 1.96. The van der Waals surface area contributed by atoms with Gasteiger partial charge < -0.3 is 14.4 Å². The maximum Gasteiger partial charge on any atom is 0.225 e. The van der Waals surface area contributed by atoms with Gasteiger partial charge in [0.1, 0.15) is 6.10 Å². The van der Waals surface area contributed by atoms with Crippen molar-refractivity contribution in [3.05, 3.63) is 48.3 Å². The van der Waals surface area contributed by atoms with Crippen molar-refractivity contribution in [1.29, 1.82) is 0 Å². The molecule has 2 aromatic rings. The zero-order valence-electron chi connectivity index (χ0n) is 13.2. The van der Waals surface area contributed by atoms with Crippen molar-refractivity contribution in [2.45, 2.75) is 37.7 Å². The summed E-state index contributed by atoms with van der Waals surface area (Å²) in [7, 11) is 0. The fraction of sp³-hybridized carbons (Fsp3) is 0.471. The molecule has 1 saturated heterocycles. The van der Waals surface area contributed by atoms with Gasteiger partial charge in [0, 0.05) is 18.9 Å². The van der Waals surface area contributed by atoms with Gasteiger partial charge in [-0.2, -0.15) is 0 Å². The molecule has 0 aromatic carbocycles. The van der Waals surface area contributed by atoms with Crippen LogP contribution in [0.2, 0.25) is 0 Å². The van der Waals surface area contributed by atoms with Gasteiger partial charge >= 0.3 is 0 Å². The SMILES string of the molecule is Fc1cnc(N2CCO[C@H]3CC[C@H]2[C@H]3OCc2cccnc2)nc1. The van der Waals surface area contributed by atoms with E-state index in [2.05, 4.69) is 19.9 Å². The number of rotatable bonds is 4. The highest BCUT2D eigenvalue weighted by atomic mass is 19.1. The Morgan fingerprint density at radius 1 is 1.25 bits per heavy atom. The van der Waals surface area contributed by atoms with Gasteiger partial charge in [0.05, 0.1) is 37.8 Å². The summed E-state index contributed by atoms with van der Waals surface area (Å²) < 4.78 is 25.2. The fourth-order valence-corrected chi connectivity index (χ4v) is 3.49. The molecule has 2 aliphatic rings. The van der Waals surface area contributed by atoms with E-state index in [0.717, 1.165) is 18.4 Å². The molecule has 7 heteroatoms. The molecule has 0 spiro atoms. The number of ether oxygens (including phenoxy) is 2. The van der Waals surface area contributed by atoms with Crippen LogP contribution < -0.4 is 4.90 Å². The molecular formula is C17H19FN4O2. The highest BCUT2D eigenvalue weighted by Gasteiger charge is 2.44. The number of aromatic nitrogens is 3. The number of anilines is 1. The van der Waals surface area contributed by atoms with Crippen LogP contribution in [0, 0.1) is 5.82 Å². The number of hydrogen-bond acceptors (Lipinski definition) is 6. The van der Waals surface area contributed by atoms with Crippen LogP contribution in [0.25, 0.3) is 0 Å². The number of nitrogens with zero attached hydrogens (tertiary/aromatic N) is 4. The standard InChI is InChI=1S/C17H19FN4O2/c18-13-9-20-17(21-10-13)22-6-7-23-15-4-3-14(22)16(15)24-11-12-2-1-5-19-8-12/h1-2,5,8-10,14-16H,3-4,6-7,11H2/t14-,15-,16+/m0/s1. The molecule has 1 aliphatic carbocycles. The molecule has 2 fully saturated rings. The summed E-state index contributed by atoms with van der Waals surface area (Å²) in [4.78, 5) is 14.5. The molecule has 0 amide bonds. The van der Waals surface area contributed by atoms with Crippen LogP contribution in [0.15, 0.2) is 36.9 Å². The molecule has 126 valence electrons. The topological polar surface area (TPSA) is 60.4 Å². The first-order valence-corrected chi connectivity index (χ1v) is 8.17. The Hall–Kier alpha value is -2.12. The van der Waals surface area contributed by atoms with Gasteiger partial charge in [0.25, 0.3) is 0 Å². The van der Waals surface area contributed by atoms with Crippen molar-refractivity contribution in [3.8, 4) is 0 Å². The normalized spacial score (nSPS) is 26.4. The van der Waals surface area contributed by atoms with Crippen LogP contribution in [0.4, 0.5) is 10.3 Å². The van der Waals surface area contributed by atoms with E-state index >= 15 is 0 Å². The first kappa shape index (κ1) is 15.4. The monoisotopic (exact) mass is 330 g/mol. The van der Waals surface area contributed by atoms with Crippen molar-refractivity contribution >= 4 is 5.95 Å². The minimum Gasteiger partial charge on any atom is -0.374 e. The Morgan fingerprint density at radius 2 is 2.12 bits per heavy atom. The number of halogens is 1.